The minimum absolute atomic E-state index is 0.0910. The molecule has 1 N–H and O–H groups in total. The van der Waals surface area contributed by atoms with Crippen LogP contribution in [0, 0.1) is 6.92 Å². The highest BCUT2D eigenvalue weighted by Gasteiger charge is 2.21. The van der Waals surface area contributed by atoms with Crippen molar-refractivity contribution in [1.29, 1.82) is 0 Å². The van der Waals surface area contributed by atoms with Gasteiger partial charge in [0.25, 0.3) is 10.0 Å². The lowest BCUT2D eigenvalue weighted by atomic mass is 10.1. The van der Waals surface area contributed by atoms with Crippen molar-refractivity contribution in [1.82, 2.24) is 4.31 Å². The molecule has 3 rings (SSSR count). The molecule has 0 saturated heterocycles. The molecule has 0 spiro atoms. The van der Waals surface area contributed by atoms with Crippen molar-refractivity contribution in [2.45, 2.75) is 24.7 Å². The molecule has 1 aliphatic carbocycles. The molecule has 0 atom stereocenters. The van der Waals surface area contributed by atoms with E-state index in [2.05, 4.69) is 4.72 Å². The third kappa shape index (κ3) is 5.71. The van der Waals surface area contributed by atoms with Crippen LogP contribution in [0.1, 0.15) is 18.4 Å². The summed E-state index contributed by atoms with van der Waals surface area (Å²) < 4.78 is 58.5. The summed E-state index contributed by atoms with van der Waals surface area (Å²) in [6.45, 7) is 2.09. The van der Waals surface area contributed by atoms with Crippen molar-refractivity contribution in [3.8, 4) is 5.75 Å². The van der Waals surface area contributed by atoms with Crippen LogP contribution in [0.15, 0.2) is 77.2 Å². The van der Waals surface area contributed by atoms with E-state index < -0.39 is 20.3 Å². The zero-order chi connectivity index (χ0) is 21.8. The van der Waals surface area contributed by atoms with Gasteiger partial charge < -0.3 is 4.18 Å². The van der Waals surface area contributed by atoms with Crippen molar-refractivity contribution in [2.75, 3.05) is 18.3 Å². The number of allylic oxidation sites excluding steroid dienone is 2. The molecule has 0 aromatic heterocycles. The van der Waals surface area contributed by atoms with Gasteiger partial charge in [0, 0.05) is 19.3 Å². The van der Waals surface area contributed by atoms with E-state index in [0.717, 1.165) is 28.3 Å². The molecule has 7 nitrogen and oxygen atoms in total. The number of anilines is 1. The summed E-state index contributed by atoms with van der Waals surface area (Å²) in [6.07, 6.45) is 7.76. The first-order valence-electron chi connectivity index (χ1n) is 9.37. The zero-order valence-corrected chi connectivity index (χ0v) is 18.4. The van der Waals surface area contributed by atoms with Gasteiger partial charge in [-0.2, -0.15) is 12.7 Å². The first-order chi connectivity index (χ1) is 14.2. The predicted octanol–water partition coefficient (Wildman–Crippen LogP) is 3.63. The van der Waals surface area contributed by atoms with Gasteiger partial charge in [-0.25, -0.2) is 8.42 Å². The number of aryl methyl sites for hydroxylation is 1. The third-order valence-corrected chi connectivity index (χ3v) is 7.19. The molecule has 0 heterocycles. The Hall–Kier alpha value is -2.62. The average Bonchev–Trinajstić information content (AvgIpc) is 2.70. The molecular formula is C21H24N2O5S2. The van der Waals surface area contributed by atoms with Gasteiger partial charge in [0.1, 0.15) is 5.75 Å². The van der Waals surface area contributed by atoms with E-state index in [9.17, 15) is 16.8 Å². The van der Waals surface area contributed by atoms with Crippen molar-refractivity contribution < 1.29 is 21.0 Å². The molecule has 0 bridgehead atoms. The van der Waals surface area contributed by atoms with Crippen LogP contribution in [-0.2, 0) is 20.3 Å². The minimum atomic E-state index is -3.99. The number of nitrogens with one attached hydrogen (secondary N) is 1. The molecule has 0 aliphatic heterocycles. The molecule has 9 heteroatoms. The van der Waals surface area contributed by atoms with Crippen LogP contribution in [0.2, 0.25) is 0 Å². The molecule has 2 aromatic rings. The van der Waals surface area contributed by atoms with Gasteiger partial charge in [-0.15, -0.1) is 0 Å². The molecule has 0 fully saturated rings. The Labute approximate surface area is 178 Å². The van der Waals surface area contributed by atoms with Gasteiger partial charge in [-0.3, -0.25) is 4.72 Å². The summed E-state index contributed by atoms with van der Waals surface area (Å²) in [5.41, 5.74) is 2.17. The molecule has 0 radical (unpaired) electrons. The quantitative estimate of drug-likeness (QED) is 0.666. The number of hydrogen-bond donors (Lipinski definition) is 1. The fourth-order valence-corrected chi connectivity index (χ4v) is 4.66. The van der Waals surface area contributed by atoms with Gasteiger partial charge in [-0.1, -0.05) is 35.9 Å². The Morgan fingerprint density at radius 2 is 1.63 bits per heavy atom. The number of hydrogen-bond acceptors (Lipinski definition) is 5. The van der Waals surface area contributed by atoms with Gasteiger partial charge >= 0.3 is 10.3 Å². The Bertz CT molecular complexity index is 1150. The highest BCUT2D eigenvalue weighted by molar-refractivity contribution is 7.92. The maximum Gasteiger partial charge on any atom is 0.385 e. The fraction of sp³-hybridized carbons (Fsp3) is 0.238. The van der Waals surface area contributed by atoms with Crippen molar-refractivity contribution in [3.63, 3.8) is 0 Å². The predicted molar refractivity (Wildman–Crippen MR) is 117 cm³/mol. The number of nitrogens with zero attached hydrogens (tertiary/aromatic N) is 1. The molecule has 0 saturated carbocycles. The maximum absolute atomic E-state index is 12.4. The average molecular weight is 449 g/mol. The molecule has 0 amide bonds. The Kier molecular flexibility index (Phi) is 6.64. The number of rotatable bonds is 8. The third-order valence-electron chi connectivity index (χ3n) is 4.50. The summed E-state index contributed by atoms with van der Waals surface area (Å²) in [4.78, 5) is 0.142. The van der Waals surface area contributed by atoms with Crippen LogP contribution in [0.4, 0.5) is 5.69 Å². The molecule has 30 heavy (non-hydrogen) atoms. The van der Waals surface area contributed by atoms with E-state index in [1.807, 2.05) is 25.2 Å². The lowest BCUT2D eigenvalue weighted by Crippen LogP contribution is -2.32. The topological polar surface area (TPSA) is 92.8 Å². The second-order valence-electron chi connectivity index (χ2n) is 7.00. The Morgan fingerprint density at radius 3 is 2.23 bits per heavy atom. The lowest BCUT2D eigenvalue weighted by molar-refractivity contribution is 0.406. The van der Waals surface area contributed by atoms with E-state index in [0.29, 0.717) is 5.69 Å². The molecule has 0 unspecified atom stereocenters. The summed E-state index contributed by atoms with van der Waals surface area (Å²) in [6, 6.07) is 12.2. The monoisotopic (exact) mass is 448 g/mol. The second kappa shape index (κ2) is 9.03. The van der Waals surface area contributed by atoms with E-state index >= 15 is 0 Å². The Morgan fingerprint density at radius 1 is 0.967 bits per heavy atom. The number of benzene rings is 2. The van der Waals surface area contributed by atoms with Crippen LogP contribution >= 0.6 is 0 Å². The van der Waals surface area contributed by atoms with Crippen LogP contribution in [-0.4, -0.2) is 34.7 Å². The number of sulfonamides is 1. The largest absolute Gasteiger partial charge is 0.385 e. The zero-order valence-electron chi connectivity index (χ0n) is 16.8. The van der Waals surface area contributed by atoms with E-state index in [-0.39, 0.29) is 17.2 Å². The Balaban J connectivity index is 1.65. The fourth-order valence-electron chi connectivity index (χ4n) is 2.82. The molecule has 1 aliphatic rings. The highest BCUT2D eigenvalue weighted by Crippen LogP contribution is 2.22. The van der Waals surface area contributed by atoms with Crippen molar-refractivity contribution in [3.05, 3.63) is 77.9 Å². The van der Waals surface area contributed by atoms with Crippen molar-refractivity contribution in [2.24, 2.45) is 0 Å². The smallest absolute Gasteiger partial charge is 0.371 e. The van der Waals surface area contributed by atoms with Gasteiger partial charge in [0.2, 0.25) is 0 Å². The second-order valence-corrected chi connectivity index (χ2v) is 10.3. The highest BCUT2D eigenvalue weighted by atomic mass is 32.2. The van der Waals surface area contributed by atoms with Gasteiger partial charge in [0.15, 0.2) is 0 Å². The molecular weight excluding hydrogens is 424 g/mol. The normalized spacial score (nSPS) is 14.4. The van der Waals surface area contributed by atoms with E-state index in [1.54, 1.807) is 12.1 Å². The lowest BCUT2D eigenvalue weighted by Gasteiger charge is -2.18. The summed E-state index contributed by atoms with van der Waals surface area (Å²) in [7, 11) is -6.28. The molecule has 160 valence electrons. The maximum atomic E-state index is 12.4. The van der Waals surface area contributed by atoms with Crippen LogP contribution in [0.25, 0.3) is 0 Å². The van der Waals surface area contributed by atoms with E-state index in [1.165, 1.54) is 43.4 Å². The first kappa shape index (κ1) is 22.1. The SMILES string of the molecule is Cc1ccc(S(=O)(=O)Nc2ccc(OS(=O)(=O)N(C)CC3=CCCC=C3)cc2)cc1. The van der Waals surface area contributed by atoms with Crippen LogP contribution < -0.4 is 8.91 Å². The summed E-state index contributed by atoms with van der Waals surface area (Å²) in [5, 5.41) is 0. The van der Waals surface area contributed by atoms with Crippen molar-refractivity contribution >= 4 is 26.0 Å². The van der Waals surface area contributed by atoms with Crippen LogP contribution in [0.5, 0.6) is 5.75 Å². The summed E-state index contributed by atoms with van der Waals surface area (Å²) in [5.74, 6) is 0.0910. The number of likely N-dealkylation sites (N-methyl/N-ethyl adjacent to an activating group) is 1. The van der Waals surface area contributed by atoms with E-state index in [4.69, 9.17) is 4.18 Å². The van der Waals surface area contributed by atoms with Gasteiger partial charge in [-0.05, 0) is 61.7 Å². The summed E-state index contributed by atoms with van der Waals surface area (Å²) >= 11 is 0. The van der Waals surface area contributed by atoms with Gasteiger partial charge in [0.05, 0.1) is 4.90 Å². The van der Waals surface area contributed by atoms with Crippen LogP contribution in [0.3, 0.4) is 0 Å². The molecule has 2 aromatic carbocycles. The first-order valence-corrected chi connectivity index (χ1v) is 12.2. The minimum Gasteiger partial charge on any atom is -0.371 e. The standard InChI is InChI=1S/C21H24N2O5S2/c1-17-8-14-21(15-9-17)29(24,25)22-19-10-12-20(13-11-19)28-30(26,27)23(2)16-18-6-4-3-5-7-18/h4,6-15,22H,3,5,16H2,1-2H3.